The second-order valence-corrected chi connectivity index (χ2v) is 12.5. The molecule has 7 rings (SSSR count). The highest BCUT2D eigenvalue weighted by Crippen LogP contribution is 2.49. The number of rotatable bonds is 10. The molecular weight excluding hydrogens is 656 g/mol. The number of aliphatic hydroxyl groups excluding tert-OH is 1. The Kier molecular flexibility index (Phi) is 8.45. The van der Waals surface area contributed by atoms with Crippen LogP contribution in [0.15, 0.2) is 69.9 Å². The molecule has 10 N–H and O–H groups in total. The molecule has 7 atom stereocenters. The second-order valence-electron chi connectivity index (χ2n) is 12.5. The molecule has 4 heterocycles. The lowest BCUT2D eigenvalue weighted by molar-refractivity contribution is -0.342. The quantitative estimate of drug-likeness (QED) is 0.102. The van der Waals surface area contributed by atoms with Gasteiger partial charge in [-0.25, -0.2) is 4.79 Å². The number of fused-ring (bicyclic) bond motifs is 3. The third kappa shape index (κ3) is 5.51. The van der Waals surface area contributed by atoms with E-state index in [0.717, 1.165) is 5.69 Å². The number of methoxy groups -OCH3 is 1. The molecule has 16 heteroatoms. The zero-order valence-corrected chi connectivity index (χ0v) is 26.7. The predicted molar refractivity (Wildman–Crippen MR) is 176 cm³/mol. The van der Waals surface area contributed by atoms with Gasteiger partial charge in [-0.2, -0.15) is 0 Å². The number of carboxylic acids is 1. The van der Waals surface area contributed by atoms with Gasteiger partial charge >= 0.3 is 5.97 Å². The van der Waals surface area contributed by atoms with E-state index in [-0.39, 0.29) is 28.2 Å². The normalized spacial score (nSPS) is 28.8. The van der Waals surface area contributed by atoms with E-state index in [1.807, 2.05) is 6.07 Å². The molecule has 2 fully saturated rings. The number of aromatic amines is 1. The number of carbonyl (C=O) groups is 1. The highest BCUT2D eigenvalue weighted by molar-refractivity contribution is 5.89. The number of phenols is 1. The van der Waals surface area contributed by atoms with Crippen LogP contribution >= 0.6 is 0 Å². The Bertz CT molecular complexity index is 2010. The number of benzene rings is 2. The number of anilines is 1. The van der Waals surface area contributed by atoms with Crippen LogP contribution < -0.4 is 36.0 Å². The summed E-state index contributed by atoms with van der Waals surface area (Å²) in [5, 5.41) is 61.9. The maximum atomic E-state index is 13.3. The fourth-order valence-corrected chi connectivity index (χ4v) is 6.92. The number of nitrogen functional groups attached to an aromatic ring is 1. The maximum Gasteiger partial charge on any atom is 0.336 e. The molecule has 2 aromatic carbocycles. The number of phenolic OH excluding ortho intramolecular Hbond substituents is 1. The lowest BCUT2D eigenvalue weighted by Gasteiger charge is -2.56. The number of nitrogens with one attached hydrogen (secondary N) is 3. The van der Waals surface area contributed by atoms with Gasteiger partial charge in [-0.3, -0.25) is 10.1 Å². The van der Waals surface area contributed by atoms with E-state index in [4.69, 9.17) is 29.1 Å². The minimum absolute atomic E-state index is 0.139. The fourth-order valence-electron chi connectivity index (χ4n) is 6.92. The summed E-state index contributed by atoms with van der Waals surface area (Å²) in [5.74, 6) is -2.61. The molecular formula is C34H36N4O12. The first-order valence-electron chi connectivity index (χ1n) is 15.8. The number of aliphatic carboxylic acids is 1. The van der Waals surface area contributed by atoms with Crippen molar-refractivity contribution in [3.63, 3.8) is 0 Å². The van der Waals surface area contributed by atoms with E-state index in [0.29, 0.717) is 43.4 Å². The van der Waals surface area contributed by atoms with Gasteiger partial charge in [0.25, 0.3) is 0 Å². The molecule has 0 spiro atoms. The average molecular weight is 693 g/mol. The van der Waals surface area contributed by atoms with Crippen LogP contribution in [-0.4, -0.2) is 99.2 Å². The molecule has 0 radical (unpaired) electrons. The number of aromatic nitrogens is 1. The summed E-state index contributed by atoms with van der Waals surface area (Å²) in [6, 6.07) is 12.4. The second kappa shape index (κ2) is 12.7. The summed E-state index contributed by atoms with van der Waals surface area (Å²) >= 11 is 0. The van der Waals surface area contributed by atoms with E-state index >= 15 is 0 Å². The summed E-state index contributed by atoms with van der Waals surface area (Å²) in [4.78, 5) is 28.7. The van der Waals surface area contributed by atoms with Crippen LogP contribution in [0.1, 0.15) is 5.69 Å². The van der Waals surface area contributed by atoms with Crippen molar-refractivity contribution in [2.24, 2.45) is 5.92 Å². The van der Waals surface area contributed by atoms with Crippen molar-refractivity contribution in [3.8, 4) is 34.3 Å². The van der Waals surface area contributed by atoms with Crippen LogP contribution in [0, 0.1) is 5.92 Å². The third-order valence-electron chi connectivity index (χ3n) is 9.45. The van der Waals surface area contributed by atoms with Crippen molar-refractivity contribution in [3.05, 3.63) is 76.6 Å². The van der Waals surface area contributed by atoms with E-state index < -0.39 is 58.8 Å². The first kappa shape index (κ1) is 33.4. The van der Waals surface area contributed by atoms with Gasteiger partial charge in [0.2, 0.25) is 12.0 Å². The van der Waals surface area contributed by atoms with Crippen LogP contribution in [0.25, 0.3) is 22.3 Å². The largest absolute Gasteiger partial charge is 0.504 e. The molecule has 7 unspecified atom stereocenters. The monoisotopic (exact) mass is 692 g/mol. The number of ether oxygens (including phenoxy) is 4. The van der Waals surface area contributed by atoms with Gasteiger partial charge in [0, 0.05) is 55.0 Å². The highest BCUT2D eigenvalue weighted by Gasteiger charge is 2.70. The molecule has 2 saturated heterocycles. The molecule has 1 aliphatic carbocycles. The van der Waals surface area contributed by atoms with Crippen molar-refractivity contribution >= 4 is 22.8 Å². The molecule has 2 bridgehead atoms. The minimum atomic E-state index is -2.46. The number of H-pyrrole nitrogens is 1. The molecule has 264 valence electrons. The molecule has 0 amide bonds. The Hall–Kier alpha value is -5.10. The van der Waals surface area contributed by atoms with Gasteiger partial charge in [0.15, 0.2) is 28.6 Å². The van der Waals surface area contributed by atoms with Crippen LogP contribution in [0.5, 0.6) is 23.0 Å². The van der Waals surface area contributed by atoms with Crippen LogP contribution in [0.4, 0.5) is 5.82 Å². The Labute approximate surface area is 283 Å². The fraction of sp³-hybridized carbons (Fsp3) is 0.353. The molecule has 0 saturated carbocycles. The molecule has 4 aromatic rings. The van der Waals surface area contributed by atoms with Crippen molar-refractivity contribution in [2.45, 2.75) is 42.2 Å². The van der Waals surface area contributed by atoms with E-state index in [1.165, 1.54) is 31.4 Å². The lowest BCUT2D eigenvalue weighted by atomic mass is 9.63. The predicted octanol–water partition coefficient (Wildman–Crippen LogP) is 0.422. The summed E-state index contributed by atoms with van der Waals surface area (Å²) in [6.07, 6.45) is -2.86. The topological polar surface area (TPSA) is 251 Å². The average Bonchev–Trinajstić information content (AvgIpc) is 3.77. The molecule has 16 nitrogen and oxygen atoms in total. The third-order valence-corrected chi connectivity index (χ3v) is 9.45. The van der Waals surface area contributed by atoms with E-state index in [2.05, 4.69) is 15.6 Å². The molecule has 2 aliphatic heterocycles. The van der Waals surface area contributed by atoms with Gasteiger partial charge in [-0.05, 0) is 42.5 Å². The smallest absolute Gasteiger partial charge is 0.336 e. The van der Waals surface area contributed by atoms with Gasteiger partial charge in [-0.15, -0.1) is 0 Å². The lowest BCUT2D eigenvalue weighted by Crippen LogP contribution is -2.79. The van der Waals surface area contributed by atoms with Crippen molar-refractivity contribution in [1.29, 1.82) is 0 Å². The molecule has 50 heavy (non-hydrogen) atoms. The zero-order chi connectivity index (χ0) is 35.4. The van der Waals surface area contributed by atoms with Crippen LogP contribution in [-0.2, 0) is 16.0 Å². The summed E-state index contributed by atoms with van der Waals surface area (Å²) in [6.45, 7) is 1.14. The zero-order valence-electron chi connectivity index (χ0n) is 26.7. The molecule has 2 aromatic heterocycles. The molecule has 3 aliphatic rings. The maximum absolute atomic E-state index is 13.3. The van der Waals surface area contributed by atoms with Crippen molar-refractivity contribution < 1.29 is 53.7 Å². The summed E-state index contributed by atoms with van der Waals surface area (Å²) < 4.78 is 28.8. The van der Waals surface area contributed by atoms with Gasteiger partial charge in [0.05, 0.1) is 13.7 Å². The summed E-state index contributed by atoms with van der Waals surface area (Å²) in [5.41, 5.74) is 1.48. The van der Waals surface area contributed by atoms with Gasteiger partial charge in [0.1, 0.15) is 40.0 Å². The van der Waals surface area contributed by atoms with Crippen molar-refractivity contribution in [2.75, 3.05) is 32.7 Å². The van der Waals surface area contributed by atoms with Crippen LogP contribution in [0.3, 0.4) is 0 Å². The van der Waals surface area contributed by atoms with Crippen LogP contribution in [0.2, 0.25) is 0 Å². The first-order chi connectivity index (χ1) is 23.9. The Morgan fingerprint density at radius 2 is 1.92 bits per heavy atom. The Morgan fingerprint density at radius 1 is 1.14 bits per heavy atom. The first-order valence-corrected chi connectivity index (χ1v) is 15.8. The summed E-state index contributed by atoms with van der Waals surface area (Å²) in [7, 11) is 1.19. The number of nitrogens with two attached hydrogens (primary N) is 1. The Balaban J connectivity index is 1.19. The van der Waals surface area contributed by atoms with Gasteiger partial charge in [-0.1, -0.05) is 6.08 Å². The van der Waals surface area contributed by atoms with Gasteiger partial charge < -0.3 is 64.9 Å². The van der Waals surface area contributed by atoms with E-state index in [1.54, 1.807) is 30.3 Å². The number of hydrogen-bond donors (Lipinski definition) is 9. The minimum Gasteiger partial charge on any atom is -0.504 e. The number of carboxylic acid groups (broad SMARTS) is 1. The number of aromatic hydroxyl groups is 1. The highest BCUT2D eigenvalue weighted by atomic mass is 16.7. The Morgan fingerprint density at radius 3 is 2.58 bits per heavy atom. The standard InChI is InChI=1S/C34H36N4O12/c1-46-28-24(49-32-33(44)10-8-19(20-14-36-15-37-20)34(45,31(33)43)29(50-32)30(41)42)13-23-26(27(28)40)21(39)12-22(48-23)16-2-5-18(6-3-16)47-11-9-17-4-7-25(35)38-17/h2-8,10,12-13,19-20,29,31-32,36-38,40,43-45H,9,11,14-15,35H2,1H3,(H,41,42). The number of hydrogen-bond acceptors (Lipinski definition) is 14. The number of aliphatic hydroxyl groups is 3. The van der Waals surface area contributed by atoms with Crippen molar-refractivity contribution in [1.82, 2.24) is 15.6 Å². The van der Waals surface area contributed by atoms with E-state index in [9.17, 15) is 35.1 Å². The SMILES string of the molecule is COc1c(OC2OC(C(=O)O)C3(O)C(C4CNCN4)C=CC2(O)C3O)cc2oc(-c3ccc(OCCc4ccc(N)[nH]4)cc3)cc(=O)c2c1O.